The molecule has 0 atom stereocenters. The minimum atomic E-state index is -0.0767. The summed E-state index contributed by atoms with van der Waals surface area (Å²) in [6.45, 7) is 1.47. The van der Waals surface area contributed by atoms with Crippen LogP contribution in [0.4, 0.5) is 0 Å². The van der Waals surface area contributed by atoms with Crippen molar-refractivity contribution in [1.29, 1.82) is 0 Å². The number of benzene rings is 1. The molecular weight excluding hydrogens is 164 g/mol. The molecule has 68 valence electrons. The quantitative estimate of drug-likeness (QED) is 0.496. The van der Waals surface area contributed by atoms with Gasteiger partial charge in [0, 0.05) is 14.0 Å². The van der Waals surface area contributed by atoms with Gasteiger partial charge in [0.2, 0.25) is 5.91 Å². The van der Waals surface area contributed by atoms with Gasteiger partial charge in [-0.05, 0) is 5.56 Å². The van der Waals surface area contributed by atoms with Gasteiger partial charge in [0.05, 0.1) is 6.21 Å². The van der Waals surface area contributed by atoms with Crippen LogP contribution in [0.15, 0.2) is 35.4 Å². The maximum atomic E-state index is 10.8. The summed E-state index contributed by atoms with van der Waals surface area (Å²) in [5.74, 6) is -0.0767. The molecule has 0 radical (unpaired) electrons. The summed E-state index contributed by atoms with van der Waals surface area (Å²) in [6, 6.07) is 9.64. The molecule has 0 aromatic heterocycles. The molecule has 0 spiro atoms. The normalized spacial score (nSPS) is 10.3. The lowest BCUT2D eigenvalue weighted by Crippen LogP contribution is -2.17. The van der Waals surface area contributed by atoms with Crippen molar-refractivity contribution in [3.63, 3.8) is 0 Å². The highest BCUT2D eigenvalue weighted by Crippen LogP contribution is 1.94. The molecular formula is C10H12N2O. The van der Waals surface area contributed by atoms with Gasteiger partial charge in [-0.1, -0.05) is 30.3 Å². The van der Waals surface area contributed by atoms with Gasteiger partial charge in [-0.25, -0.2) is 5.01 Å². The average molecular weight is 176 g/mol. The molecule has 0 saturated carbocycles. The number of hydrazone groups is 1. The van der Waals surface area contributed by atoms with Crippen LogP contribution in [0.2, 0.25) is 0 Å². The van der Waals surface area contributed by atoms with E-state index in [2.05, 4.69) is 5.10 Å². The Morgan fingerprint density at radius 1 is 1.38 bits per heavy atom. The Labute approximate surface area is 77.7 Å². The smallest absolute Gasteiger partial charge is 0.239 e. The first kappa shape index (κ1) is 9.45. The van der Waals surface area contributed by atoms with Gasteiger partial charge in [0.1, 0.15) is 0 Å². The Hall–Kier alpha value is -1.64. The van der Waals surface area contributed by atoms with Gasteiger partial charge in [-0.2, -0.15) is 5.10 Å². The van der Waals surface area contributed by atoms with Crippen molar-refractivity contribution in [2.24, 2.45) is 5.10 Å². The van der Waals surface area contributed by atoms with Crippen LogP contribution in [-0.4, -0.2) is 24.2 Å². The summed E-state index contributed by atoms with van der Waals surface area (Å²) in [5.41, 5.74) is 0.982. The van der Waals surface area contributed by atoms with Crippen LogP contribution in [0.1, 0.15) is 12.5 Å². The number of carbonyl (C=O) groups excluding carboxylic acids is 1. The Bertz CT molecular complexity index is 306. The standard InChI is InChI=1S/C10H12N2O/c1-9(13)12(2)11-8-10-6-4-3-5-7-10/h3-8H,1-2H3. The van der Waals surface area contributed by atoms with E-state index in [9.17, 15) is 4.79 Å². The van der Waals surface area contributed by atoms with Gasteiger partial charge >= 0.3 is 0 Å². The molecule has 0 aliphatic rings. The van der Waals surface area contributed by atoms with Gasteiger partial charge < -0.3 is 0 Å². The summed E-state index contributed by atoms with van der Waals surface area (Å²) in [4.78, 5) is 10.8. The number of rotatable bonds is 2. The summed E-state index contributed by atoms with van der Waals surface area (Å²) in [5, 5.41) is 5.25. The summed E-state index contributed by atoms with van der Waals surface area (Å²) < 4.78 is 0. The second kappa shape index (κ2) is 4.40. The molecule has 0 aliphatic carbocycles. The Morgan fingerprint density at radius 3 is 2.54 bits per heavy atom. The van der Waals surface area contributed by atoms with Crippen LogP contribution in [0.3, 0.4) is 0 Å². The molecule has 0 N–H and O–H groups in total. The highest BCUT2D eigenvalue weighted by atomic mass is 16.2. The van der Waals surface area contributed by atoms with E-state index < -0.39 is 0 Å². The highest BCUT2D eigenvalue weighted by molar-refractivity contribution is 5.81. The topological polar surface area (TPSA) is 32.7 Å². The molecule has 3 heteroatoms. The summed E-state index contributed by atoms with van der Waals surface area (Å²) in [6.07, 6.45) is 1.65. The first-order valence-corrected chi connectivity index (χ1v) is 4.03. The van der Waals surface area contributed by atoms with E-state index in [4.69, 9.17) is 0 Å². The van der Waals surface area contributed by atoms with E-state index in [1.54, 1.807) is 13.3 Å². The molecule has 0 saturated heterocycles. The maximum Gasteiger partial charge on any atom is 0.239 e. The lowest BCUT2D eigenvalue weighted by molar-refractivity contribution is -0.127. The van der Waals surface area contributed by atoms with Crippen LogP contribution >= 0.6 is 0 Å². The van der Waals surface area contributed by atoms with Gasteiger partial charge in [-0.15, -0.1) is 0 Å². The van der Waals surface area contributed by atoms with Crippen LogP contribution in [-0.2, 0) is 4.79 Å². The second-order valence-electron chi connectivity index (χ2n) is 2.70. The third-order valence-electron chi connectivity index (χ3n) is 1.64. The summed E-state index contributed by atoms with van der Waals surface area (Å²) in [7, 11) is 1.63. The molecule has 1 aromatic carbocycles. The van der Waals surface area contributed by atoms with Crippen LogP contribution in [0.25, 0.3) is 0 Å². The third-order valence-corrected chi connectivity index (χ3v) is 1.64. The molecule has 1 amide bonds. The zero-order chi connectivity index (χ0) is 9.68. The van der Waals surface area contributed by atoms with E-state index in [-0.39, 0.29) is 5.91 Å². The number of carbonyl (C=O) groups is 1. The number of hydrogen-bond acceptors (Lipinski definition) is 2. The fourth-order valence-corrected chi connectivity index (χ4v) is 0.774. The molecule has 3 nitrogen and oxygen atoms in total. The van der Waals surface area contributed by atoms with Gasteiger partial charge in [0.15, 0.2) is 0 Å². The van der Waals surface area contributed by atoms with Crippen molar-refractivity contribution in [3.05, 3.63) is 35.9 Å². The molecule has 0 fully saturated rings. The van der Waals surface area contributed by atoms with Crippen molar-refractivity contribution >= 4 is 12.1 Å². The third kappa shape index (κ3) is 3.07. The fourth-order valence-electron chi connectivity index (χ4n) is 0.774. The zero-order valence-electron chi connectivity index (χ0n) is 7.77. The van der Waals surface area contributed by atoms with E-state index in [0.717, 1.165) is 5.56 Å². The molecule has 13 heavy (non-hydrogen) atoms. The molecule has 0 unspecified atom stereocenters. The van der Waals surface area contributed by atoms with Crippen molar-refractivity contribution in [2.45, 2.75) is 6.92 Å². The van der Waals surface area contributed by atoms with Crippen LogP contribution in [0.5, 0.6) is 0 Å². The van der Waals surface area contributed by atoms with E-state index in [1.807, 2.05) is 30.3 Å². The number of hydrogen-bond donors (Lipinski definition) is 0. The lowest BCUT2D eigenvalue weighted by atomic mass is 10.2. The molecule has 0 heterocycles. The van der Waals surface area contributed by atoms with Crippen molar-refractivity contribution in [1.82, 2.24) is 5.01 Å². The lowest BCUT2D eigenvalue weighted by Gasteiger charge is -2.05. The summed E-state index contributed by atoms with van der Waals surface area (Å²) >= 11 is 0. The Morgan fingerprint density at radius 2 is 2.00 bits per heavy atom. The van der Waals surface area contributed by atoms with E-state index in [1.165, 1.54) is 11.9 Å². The van der Waals surface area contributed by atoms with Crippen LogP contribution in [0, 0.1) is 0 Å². The molecule has 0 aliphatic heterocycles. The van der Waals surface area contributed by atoms with Crippen molar-refractivity contribution in [2.75, 3.05) is 7.05 Å². The zero-order valence-corrected chi connectivity index (χ0v) is 7.77. The van der Waals surface area contributed by atoms with Gasteiger partial charge in [-0.3, -0.25) is 4.79 Å². The monoisotopic (exact) mass is 176 g/mol. The predicted molar refractivity (Wildman–Crippen MR) is 52.5 cm³/mol. The van der Waals surface area contributed by atoms with Gasteiger partial charge in [0.25, 0.3) is 0 Å². The first-order chi connectivity index (χ1) is 6.20. The largest absolute Gasteiger partial charge is 0.273 e. The minimum Gasteiger partial charge on any atom is -0.273 e. The SMILES string of the molecule is CC(=O)N(C)N=Cc1ccccc1. The van der Waals surface area contributed by atoms with E-state index in [0.29, 0.717) is 0 Å². The first-order valence-electron chi connectivity index (χ1n) is 4.03. The van der Waals surface area contributed by atoms with Crippen molar-refractivity contribution in [3.8, 4) is 0 Å². The molecule has 1 rings (SSSR count). The fraction of sp³-hybridized carbons (Fsp3) is 0.200. The molecule has 1 aromatic rings. The highest BCUT2D eigenvalue weighted by Gasteiger charge is 1.95. The average Bonchev–Trinajstić information content (AvgIpc) is 2.15. The Balaban J connectivity index is 2.64. The van der Waals surface area contributed by atoms with E-state index >= 15 is 0 Å². The van der Waals surface area contributed by atoms with Crippen molar-refractivity contribution < 1.29 is 4.79 Å². The molecule has 0 bridgehead atoms. The van der Waals surface area contributed by atoms with Crippen LogP contribution < -0.4 is 0 Å². The number of nitrogens with zero attached hydrogens (tertiary/aromatic N) is 2. The number of amides is 1. The maximum absolute atomic E-state index is 10.8. The minimum absolute atomic E-state index is 0.0767. The second-order valence-corrected chi connectivity index (χ2v) is 2.70. The predicted octanol–water partition coefficient (Wildman–Crippen LogP) is 1.50. The Kier molecular flexibility index (Phi) is 3.20.